The quantitative estimate of drug-likeness (QED) is 0.849. The molecule has 0 spiro atoms. The van der Waals surface area contributed by atoms with Crippen LogP contribution in [-0.2, 0) is 0 Å². The van der Waals surface area contributed by atoms with Crippen LogP contribution in [0, 0.1) is 6.92 Å². The van der Waals surface area contributed by atoms with Gasteiger partial charge in [0.2, 0.25) is 0 Å². The van der Waals surface area contributed by atoms with Crippen LogP contribution in [0.1, 0.15) is 4.88 Å². The Morgan fingerprint density at radius 2 is 2.12 bits per heavy atom. The van der Waals surface area contributed by atoms with E-state index < -0.39 is 0 Å². The number of anilines is 1. The fourth-order valence-corrected chi connectivity index (χ4v) is 3.83. The molecular formula is C11H13N3OS2. The third-order valence-corrected chi connectivity index (χ3v) is 4.90. The highest BCUT2D eigenvalue weighted by molar-refractivity contribution is 7.22. The molecule has 1 fully saturated rings. The molecule has 0 aliphatic carbocycles. The lowest BCUT2D eigenvalue weighted by atomic mass is 10.4. The van der Waals surface area contributed by atoms with E-state index in [9.17, 15) is 4.79 Å². The standard InChI is InChI=1S/C11H13N3OS2/c1-7-6-8-9(16-7)10(15)17-11(13-8)14-4-2-12-3-5-14/h6,12H,2-5H2,1H3. The fraction of sp³-hybridized carbons (Fsp3) is 0.455. The molecule has 0 bridgehead atoms. The second-order valence-electron chi connectivity index (χ2n) is 4.09. The van der Waals surface area contributed by atoms with Crippen molar-refractivity contribution in [3.8, 4) is 0 Å². The van der Waals surface area contributed by atoms with Crippen molar-refractivity contribution in [2.24, 2.45) is 0 Å². The lowest BCUT2D eigenvalue weighted by molar-refractivity contribution is 0.588. The molecule has 3 heterocycles. The van der Waals surface area contributed by atoms with Gasteiger partial charge in [-0.1, -0.05) is 11.3 Å². The average Bonchev–Trinajstić information content (AvgIpc) is 2.71. The van der Waals surface area contributed by atoms with E-state index >= 15 is 0 Å². The second-order valence-corrected chi connectivity index (χ2v) is 6.29. The first-order valence-electron chi connectivity index (χ1n) is 5.61. The minimum atomic E-state index is 0.140. The highest BCUT2D eigenvalue weighted by Gasteiger charge is 2.15. The number of fused-ring (bicyclic) bond motifs is 1. The Bertz CT molecular complexity index is 598. The van der Waals surface area contributed by atoms with E-state index in [1.807, 2.05) is 13.0 Å². The lowest BCUT2D eigenvalue weighted by Gasteiger charge is -2.27. The van der Waals surface area contributed by atoms with Gasteiger partial charge in [-0.2, -0.15) is 0 Å². The predicted molar refractivity (Wildman–Crippen MR) is 73.6 cm³/mol. The molecule has 0 unspecified atom stereocenters. The van der Waals surface area contributed by atoms with Crippen LogP contribution in [-0.4, -0.2) is 31.2 Å². The first-order valence-corrected chi connectivity index (χ1v) is 7.24. The normalized spacial score (nSPS) is 16.6. The molecular weight excluding hydrogens is 254 g/mol. The lowest BCUT2D eigenvalue weighted by Crippen LogP contribution is -2.43. The third-order valence-electron chi connectivity index (χ3n) is 2.81. The van der Waals surface area contributed by atoms with Gasteiger partial charge in [0.1, 0.15) is 4.70 Å². The summed E-state index contributed by atoms with van der Waals surface area (Å²) in [6, 6.07) is 2.00. The molecule has 0 saturated carbocycles. The first-order chi connectivity index (χ1) is 8.24. The third kappa shape index (κ3) is 2.08. The van der Waals surface area contributed by atoms with E-state index in [0.29, 0.717) is 0 Å². The molecule has 17 heavy (non-hydrogen) atoms. The van der Waals surface area contributed by atoms with Crippen LogP contribution in [0.25, 0.3) is 10.2 Å². The number of nitrogens with zero attached hydrogens (tertiary/aromatic N) is 2. The van der Waals surface area contributed by atoms with Crippen molar-refractivity contribution in [2.75, 3.05) is 31.1 Å². The SMILES string of the molecule is Cc1cc2nc(N3CCNCC3)sc(=O)c2s1. The maximum absolute atomic E-state index is 12.0. The topological polar surface area (TPSA) is 45.2 Å². The Kier molecular flexibility index (Phi) is 2.85. The Hall–Kier alpha value is -0.980. The summed E-state index contributed by atoms with van der Waals surface area (Å²) in [6.07, 6.45) is 0. The first kappa shape index (κ1) is 11.1. The smallest absolute Gasteiger partial charge is 0.255 e. The Balaban J connectivity index is 2.08. The van der Waals surface area contributed by atoms with Crippen molar-refractivity contribution in [1.82, 2.24) is 10.3 Å². The van der Waals surface area contributed by atoms with E-state index in [-0.39, 0.29) is 4.74 Å². The molecule has 2 aromatic heterocycles. The van der Waals surface area contributed by atoms with Gasteiger partial charge >= 0.3 is 0 Å². The molecule has 0 atom stereocenters. The molecule has 0 radical (unpaired) electrons. The minimum Gasteiger partial charge on any atom is -0.345 e. The zero-order chi connectivity index (χ0) is 11.8. The predicted octanol–water partition coefficient (Wildman–Crippen LogP) is 1.44. The molecule has 1 aliphatic heterocycles. The van der Waals surface area contributed by atoms with Gasteiger partial charge in [0.15, 0.2) is 5.13 Å². The maximum Gasteiger partial charge on any atom is 0.255 e. The minimum absolute atomic E-state index is 0.140. The molecule has 90 valence electrons. The van der Waals surface area contributed by atoms with Crippen LogP contribution in [0.15, 0.2) is 10.9 Å². The van der Waals surface area contributed by atoms with Crippen molar-refractivity contribution in [3.05, 3.63) is 20.5 Å². The zero-order valence-corrected chi connectivity index (χ0v) is 11.2. The summed E-state index contributed by atoms with van der Waals surface area (Å²) in [5, 5.41) is 4.16. The molecule has 4 nitrogen and oxygen atoms in total. The van der Waals surface area contributed by atoms with Gasteiger partial charge in [-0.15, -0.1) is 11.3 Å². The second kappa shape index (κ2) is 4.36. The van der Waals surface area contributed by atoms with E-state index in [1.54, 1.807) is 0 Å². The van der Waals surface area contributed by atoms with Gasteiger partial charge in [0, 0.05) is 31.1 Å². The van der Waals surface area contributed by atoms with Gasteiger partial charge in [0.25, 0.3) is 4.74 Å². The fourth-order valence-electron chi connectivity index (χ4n) is 1.98. The number of thiophene rings is 1. The summed E-state index contributed by atoms with van der Waals surface area (Å²) in [4.78, 5) is 19.9. The summed E-state index contributed by atoms with van der Waals surface area (Å²) in [5.41, 5.74) is 0.852. The number of hydrogen-bond donors (Lipinski definition) is 1. The van der Waals surface area contributed by atoms with Crippen molar-refractivity contribution in [2.45, 2.75) is 6.92 Å². The summed E-state index contributed by atoms with van der Waals surface area (Å²) >= 11 is 2.81. The average molecular weight is 267 g/mol. The van der Waals surface area contributed by atoms with Gasteiger partial charge in [-0.25, -0.2) is 4.98 Å². The highest BCUT2D eigenvalue weighted by Crippen LogP contribution is 2.25. The van der Waals surface area contributed by atoms with Gasteiger partial charge in [-0.05, 0) is 13.0 Å². The number of aromatic nitrogens is 1. The number of aryl methyl sites for hydroxylation is 1. The highest BCUT2D eigenvalue weighted by atomic mass is 32.1. The molecule has 1 saturated heterocycles. The summed E-state index contributed by atoms with van der Waals surface area (Å²) in [6.45, 7) is 5.79. The van der Waals surface area contributed by atoms with E-state index in [1.165, 1.54) is 22.7 Å². The number of nitrogens with one attached hydrogen (secondary N) is 1. The Labute approximate surface area is 107 Å². The molecule has 1 aliphatic rings. The number of hydrogen-bond acceptors (Lipinski definition) is 6. The zero-order valence-electron chi connectivity index (χ0n) is 9.52. The Morgan fingerprint density at radius 3 is 2.88 bits per heavy atom. The van der Waals surface area contributed by atoms with E-state index in [2.05, 4.69) is 15.2 Å². The van der Waals surface area contributed by atoms with Crippen LogP contribution in [0.5, 0.6) is 0 Å². The van der Waals surface area contributed by atoms with Crippen LogP contribution in [0.3, 0.4) is 0 Å². The van der Waals surface area contributed by atoms with Crippen LogP contribution in [0.2, 0.25) is 0 Å². The molecule has 3 rings (SSSR count). The molecule has 0 amide bonds. The van der Waals surface area contributed by atoms with Gasteiger partial charge in [-0.3, -0.25) is 4.79 Å². The molecule has 6 heteroatoms. The number of piperazine rings is 1. The molecule has 0 aromatic carbocycles. The van der Waals surface area contributed by atoms with Crippen LogP contribution < -0.4 is 15.0 Å². The monoisotopic (exact) mass is 267 g/mol. The summed E-state index contributed by atoms with van der Waals surface area (Å²) < 4.78 is 0.938. The van der Waals surface area contributed by atoms with Crippen molar-refractivity contribution >= 4 is 38.0 Å². The van der Waals surface area contributed by atoms with Crippen molar-refractivity contribution in [3.63, 3.8) is 0 Å². The summed E-state index contributed by atoms with van der Waals surface area (Å²) in [5.74, 6) is 0. The number of rotatable bonds is 1. The summed E-state index contributed by atoms with van der Waals surface area (Å²) in [7, 11) is 0. The molecule has 2 aromatic rings. The van der Waals surface area contributed by atoms with E-state index in [4.69, 9.17) is 0 Å². The van der Waals surface area contributed by atoms with Gasteiger partial charge < -0.3 is 10.2 Å². The van der Waals surface area contributed by atoms with Crippen molar-refractivity contribution < 1.29 is 0 Å². The Morgan fingerprint density at radius 1 is 1.35 bits per heavy atom. The van der Waals surface area contributed by atoms with Crippen LogP contribution >= 0.6 is 22.7 Å². The largest absolute Gasteiger partial charge is 0.345 e. The van der Waals surface area contributed by atoms with Crippen LogP contribution in [0.4, 0.5) is 5.13 Å². The van der Waals surface area contributed by atoms with Gasteiger partial charge in [0.05, 0.1) is 5.52 Å². The maximum atomic E-state index is 12.0. The van der Waals surface area contributed by atoms with E-state index in [0.717, 1.165) is 46.4 Å². The van der Waals surface area contributed by atoms with Crippen molar-refractivity contribution in [1.29, 1.82) is 0 Å². The molecule has 1 N–H and O–H groups in total.